The van der Waals surface area contributed by atoms with E-state index in [1.165, 1.54) is 12.1 Å². The van der Waals surface area contributed by atoms with Crippen LogP contribution in [0.25, 0.3) is 0 Å². The quantitative estimate of drug-likeness (QED) is 0.837. The van der Waals surface area contributed by atoms with E-state index in [-0.39, 0.29) is 0 Å². The number of alkyl halides is 3. The number of anilines is 1. The van der Waals surface area contributed by atoms with E-state index < -0.39 is 20.2 Å². The fraction of sp³-hybridized carbons (Fsp3) is 0.538. The molecule has 0 radical (unpaired) electrons. The molecular formula is C13H19F3N2O2S. The van der Waals surface area contributed by atoms with Gasteiger partial charge in [0.05, 0.1) is 4.90 Å². The molecule has 4 nitrogen and oxygen atoms in total. The van der Waals surface area contributed by atoms with Crippen LogP contribution in [-0.2, 0) is 9.84 Å². The van der Waals surface area contributed by atoms with Crippen molar-refractivity contribution in [2.75, 3.05) is 31.6 Å². The largest absolute Gasteiger partial charge is 0.501 e. The lowest BCUT2D eigenvalue weighted by atomic mass is 10.2. The number of hydrogen-bond donors (Lipinski definition) is 1. The molecule has 1 N–H and O–H groups in total. The molecular weight excluding hydrogens is 305 g/mol. The minimum Gasteiger partial charge on any atom is -0.370 e. The Kier molecular flexibility index (Phi) is 6.03. The van der Waals surface area contributed by atoms with E-state index in [4.69, 9.17) is 0 Å². The van der Waals surface area contributed by atoms with Crippen molar-refractivity contribution in [2.24, 2.45) is 0 Å². The SMILES string of the molecule is CCCN(CCNC)c1ccc(S(=O)(=O)C(F)(F)F)cc1. The number of halogens is 3. The molecule has 0 heterocycles. The first-order valence-electron chi connectivity index (χ1n) is 6.55. The maximum Gasteiger partial charge on any atom is 0.501 e. The van der Waals surface area contributed by atoms with Crippen molar-refractivity contribution < 1.29 is 21.6 Å². The summed E-state index contributed by atoms with van der Waals surface area (Å²) in [7, 11) is -3.47. The number of sulfone groups is 1. The van der Waals surface area contributed by atoms with Crippen LogP contribution in [0.2, 0.25) is 0 Å². The van der Waals surface area contributed by atoms with Crippen LogP contribution in [0.3, 0.4) is 0 Å². The summed E-state index contributed by atoms with van der Waals surface area (Å²) in [6.07, 6.45) is 0.881. The molecule has 0 fully saturated rings. The molecule has 0 saturated heterocycles. The molecule has 0 aliphatic carbocycles. The molecule has 1 rings (SSSR count). The van der Waals surface area contributed by atoms with Crippen LogP contribution in [0, 0.1) is 0 Å². The molecule has 0 aromatic heterocycles. The predicted octanol–water partition coefficient (Wildman–Crippen LogP) is 2.42. The van der Waals surface area contributed by atoms with Crippen LogP contribution >= 0.6 is 0 Å². The molecule has 8 heteroatoms. The second-order valence-electron chi connectivity index (χ2n) is 4.53. The van der Waals surface area contributed by atoms with Gasteiger partial charge in [-0.2, -0.15) is 13.2 Å². The van der Waals surface area contributed by atoms with Crippen LogP contribution in [0.1, 0.15) is 13.3 Å². The molecule has 0 bridgehead atoms. The van der Waals surface area contributed by atoms with Crippen LogP contribution in [0.15, 0.2) is 29.2 Å². The van der Waals surface area contributed by atoms with Gasteiger partial charge >= 0.3 is 5.51 Å². The van der Waals surface area contributed by atoms with Crippen LogP contribution in [-0.4, -0.2) is 40.6 Å². The van der Waals surface area contributed by atoms with Crippen molar-refractivity contribution in [3.8, 4) is 0 Å². The maximum absolute atomic E-state index is 12.5. The molecule has 0 aliphatic heterocycles. The third-order valence-corrected chi connectivity index (χ3v) is 4.44. The summed E-state index contributed by atoms with van der Waals surface area (Å²) in [5, 5.41) is 3.00. The van der Waals surface area contributed by atoms with Crippen LogP contribution < -0.4 is 10.2 Å². The molecule has 0 saturated carbocycles. The smallest absolute Gasteiger partial charge is 0.370 e. The van der Waals surface area contributed by atoms with Gasteiger partial charge in [0.25, 0.3) is 9.84 Å². The number of nitrogens with one attached hydrogen (secondary N) is 1. The van der Waals surface area contributed by atoms with Crippen molar-refractivity contribution in [1.29, 1.82) is 0 Å². The lowest BCUT2D eigenvalue weighted by molar-refractivity contribution is -0.0436. The maximum atomic E-state index is 12.5. The van der Waals surface area contributed by atoms with Gasteiger partial charge in [-0.05, 0) is 37.7 Å². The van der Waals surface area contributed by atoms with Gasteiger partial charge in [-0.15, -0.1) is 0 Å². The van der Waals surface area contributed by atoms with E-state index in [9.17, 15) is 21.6 Å². The lowest BCUT2D eigenvalue weighted by Crippen LogP contribution is -2.31. The molecule has 0 spiro atoms. The van der Waals surface area contributed by atoms with Gasteiger partial charge in [-0.25, -0.2) is 8.42 Å². The van der Waals surface area contributed by atoms with E-state index in [1.54, 1.807) is 0 Å². The third kappa shape index (κ3) is 4.34. The Hall–Kier alpha value is -1.28. The number of hydrogen-bond acceptors (Lipinski definition) is 4. The van der Waals surface area contributed by atoms with Crippen molar-refractivity contribution in [2.45, 2.75) is 23.7 Å². The van der Waals surface area contributed by atoms with Gasteiger partial charge in [-0.1, -0.05) is 6.92 Å². The fourth-order valence-corrected chi connectivity index (χ4v) is 2.62. The Labute approximate surface area is 122 Å². The Bertz CT molecular complexity index is 542. The summed E-state index contributed by atoms with van der Waals surface area (Å²) in [5.41, 5.74) is -4.57. The van der Waals surface area contributed by atoms with Crippen LogP contribution in [0.5, 0.6) is 0 Å². The zero-order valence-electron chi connectivity index (χ0n) is 11.9. The van der Waals surface area contributed by atoms with Gasteiger partial charge < -0.3 is 10.2 Å². The summed E-state index contributed by atoms with van der Waals surface area (Å²) < 4.78 is 59.9. The average molecular weight is 324 g/mol. The number of rotatable bonds is 7. The minimum atomic E-state index is -5.28. The minimum absolute atomic E-state index is 0.690. The van der Waals surface area contributed by atoms with E-state index in [1.807, 2.05) is 18.9 Å². The van der Waals surface area contributed by atoms with Crippen molar-refractivity contribution >= 4 is 15.5 Å². The second kappa shape index (κ2) is 7.13. The van der Waals surface area contributed by atoms with E-state index in [0.717, 1.165) is 31.6 Å². The van der Waals surface area contributed by atoms with E-state index in [0.29, 0.717) is 12.2 Å². The Morgan fingerprint density at radius 2 is 1.71 bits per heavy atom. The Balaban J connectivity index is 3.00. The first-order valence-corrected chi connectivity index (χ1v) is 8.03. The highest BCUT2D eigenvalue weighted by Crippen LogP contribution is 2.31. The zero-order chi connectivity index (χ0) is 16.1. The summed E-state index contributed by atoms with van der Waals surface area (Å²) in [4.78, 5) is 1.25. The van der Waals surface area contributed by atoms with Gasteiger partial charge in [0.15, 0.2) is 0 Å². The van der Waals surface area contributed by atoms with Crippen molar-refractivity contribution in [1.82, 2.24) is 5.32 Å². The van der Waals surface area contributed by atoms with Crippen molar-refractivity contribution in [3.63, 3.8) is 0 Å². The Morgan fingerprint density at radius 3 is 2.14 bits per heavy atom. The predicted molar refractivity (Wildman–Crippen MR) is 76.1 cm³/mol. The topological polar surface area (TPSA) is 49.4 Å². The number of nitrogens with zero attached hydrogens (tertiary/aromatic N) is 1. The fourth-order valence-electron chi connectivity index (χ4n) is 1.86. The summed E-state index contributed by atoms with van der Waals surface area (Å²) >= 11 is 0. The lowest BCUT2D eigenvalue weighted by Gasteiger charge is -2.24. The summed E-state index contributed by atoms with van der Waals surface area (Å²) in [6.45, 7) is 4.15. The monoisotopic (exact) mass is 324 g/mol. The molecule has 1 aromatic rings. The average Bonchev–Trinajstić information content (AvgIpc) is 2.42. The number of benzene rings is 1. The molecule has 21 heavy (non-hydrogen) atoms. The molecule has 1 aromatic carbocycles. The Morgan fingerprint density at radius 1 is 1.14 bits per heavy atom. The van der Waals surface area contributed by atoms with Crippen molar-refractivity contribution in [3.05, 3.63) is 24.3 Å². The zero-order valence-corrected chi connectivity index (χ0v) is 12.8. The molecule has 120 valence electrons. The first-order chi connectivity index (χ1) is 9.74. The second-order valence-corrected chi connectivity index (χ2v) is 6.47. The first kappa shape index (κ1) is 17.8. The van der Waals surface area contributed by atoms with Gasteiger partial charge in [0.1, 0.15) is 0 Å². The summed E-state index contributed by atoms with van der Waals surface area (Å²) in [5.74, 6) is 0. The molecule has 0 unspecified atom stereocenters. The van der Waals surface area contributed by atoms with Gasteiger partial charge in [0, 0.05) is 25.3 Å². The highest BCUT2D eigenvalue weighted by Gasteiger charge is 2.46. The van der Waals surface area contributed by atoms with E-state index >= 15 is 0 Å². The molecule has 0 atom stereocenters. The highest BCUT2D eigenvalue weighted by molar-refractivity contribution is 7.92. The summed E-state index contributed by atoms with van der Waals surface area (Å²) in [6, 6.07) is 4.81. The molecule has 0 amide bonds. The standard InChI is InChI=1S/C13H19F3N2O2S/c1-3-9-18(10-8-17-2)11-4-6-12(7-5-11)21(19,20)13(14,15)16/h4-7,17H,3,8-10H2,1-2H3. The van der Waals surface area contributed by atoms with Gasteiger partial charge in [0.2, 0.25) is 0 Å². The van der Waals surface area contributed by atoms with Crippen LogP contribution in [0.4, 0.5) is 18.9 Å². The highest BCUT2D eigenvalue weighted by atomic mass is 32.2. The third-order valence-electron chi connectivity index (χ3n) is 2.94. The molecule has 0 aliphatic rings. The van der Waals surface area contributed by atoms with Gasteiger partial charge in [-0.3, -0.25) is 0 Å². The van der Waals surface area contributed by atoms with E-state index in [2.05, 4.69) is 5.32 Å². The normalized spacial score (nSPS) is 12.4. The number of likely N-dealkylation sites (N-methyl/N-ethyl adjacent to an activating group) is 1.